The maximum atomic E-state index is 9.13. The predicted octanol–water partition coefficient (Wildman–Crippen LogP) is 2.82. The second kappa shape index (κ2) is 10.1. The first-order valence-electron chi connectivity index (χ1n) is 7.40. The Balaban J connectivity index is 0.000000487. The molecule has 1 heterocycles. The molecule has 2 rings (SSSR count). The Labute approximate surface area is 154 Å². The molecule has 1 aromatic heterocycles. The second-order valence-corrected chi connectivity index (χ2v) is 5.47. The van der Waals surface area contributed by atoms with E-state index >= 15 is 0 Å². The first kappa shape index (κ1) is 21.0. The van der Waals surface area contributed by atoms with Crippen molar-refractivity contribution in [3.05, 3.63) is 52.9 Å². The first-order chi connectivity index (χ1) is 12.3. The zero-order valence-electron chi connectivity index (χ0n) is 13.8. The van der Waals surface area contributed by atoms with E-state index in [4.69, 9.17) is 51.6 Å². The van der Waals surface area contributed by atoms with Gasteiger partial charge in [0.1, 0.15) is 17.9 Å². The molecule has 0 spiro atoms. The van der Waals surface area contributed by atoms with Crippen LogP contribution >= 0.6 is 11.6 Å². The molecule has 0 amide bonds. The molecule has 2 unspecified atom stereocenters. The number of nitrogens with zero attached hydrogens (tertiary/aromatic N) is 1. The molecule has 4 N–H and O–H groups in total. The lowest BCUT2D eigenvalue weighted by molar-refractivity contribution is -0.159. The van der Waals surface area contributed by atoms with Crippen LogP contribution in [0.25, 0.3) is 0 Å². The van der Waals surface area contributed by atoms with Gasteiger partial charge in [0, 0.05) is 22.7 Å². The first-order valence-corrected chi connectivity index (χ1v) is 7.78. The molecule has 0 radical (unpaired) electrons. The van der Waals surface area contributed by atoms with E-state index in [-0.39, 0.29) is 12.1 Å². The average molecular weight is 381 g/mol. The van der Waals surface area contributed by atoms with Gasteiger partial charge in [-0.3, -0.25) is 0 Å². The fraction of sp³-hybridized carbons (Fsp3) is 0.235. The van der Waals surface area contributed by atoms with Crippen LogP contribution in [0.1, 0.15) is 30.6 Å². The van der Waals surface area contributed by atoms with Gasteiger partial charge in [-0.05, 0) is 24.6 Å². The molecular weight excluding hydrogens is 364 g/mol. The molecule has 26 heavy (non-hydrogen) atoms. The van der Waals surface area contributed by atoms with Crippen LogP contribution in [0.4, 0.5) is 0 Å². The summed E-state index contributed by atoms with van der Waals surface area (Å²) in [5, 5.41) is 24.4. The minimum Gasteiger partial charge on any atom is -0.483 e. The summed E-state index contributed by atoms with van der Waals surface area (Å²) in [7, 11) is 0. The number of aliphatic carboxylic acids is 2. The molecule has 0 fully saturated rings. The zero-order chi connectivity index (χ0) is 19.7. The van der Waals surface area contributed by atoms with Gasteiger partial charge >= 0.3 is 11.9 Å². The minimum atomic E-state index is -1.82. The Morgan fingerprint density at radius 2 is 2.00 bits per heavy atom. The Kier molecular flexibility index (Phi) is 8.15. The highest BCUT2D eigenvalue weighted by atomic mass is 35.5. The van der Waals surface area contributed by atoms with Crippen molar-refractivity contribution in [3.63, 3.8) is 0 Å². The molecule has 138 valence electrons. The van der Waals surface area contributed by atoms with Gasteiger partial charge in [0.15, 0.2) is 0 Å². The normalized spacial score (nSPS) is 12.1. The summed E-state index contributed by atoms with van der Waals surface area (Å²) in [6.07, 6.45) is 3.51. The van der Waals surface area contributed by atoms with E-state index in [1.54, 1.807) is 36.8 Å². The fourth-order valence-corrected chi connectivity index (χ4v) is 2.04. The molecule has 1 aromatic carbocycles. The summed E-state index contributed by atoms with van der Waals surface area (Å²) >= 11 is 5.96. The molecule has 0 aliphatic carbocycles. The highest BCUT2D eigenvalue weighted by molar-refractivity contribution is 6.30. The fourth-order valence-electron chi connectivity index (χ4n) is 1.88. The van der Waals surface area contributed by atoms with Gasteiger partial charge in [0.05, 0.1) is 18.1 Å². The van der Waals surface area contributed by atoms with Crippen LogP contribution in [-0.2, 0) is 9.59 Å². The van der Waals surface area contributed by atoms with E-state index in [9.17, 15) is 0 Å². The van der Waals surface area contributed by atoms with Crippen molar-refractivity contribution in [1.29, 1.82) is 5.26 Å². The number of benzene rings is 1. The maximum absolute atomic E-state index is 9.13. The molecule has 0 saturated carbocycles. The molecule has 8 nitrogen and oxygen atoms in total. The number of ether oxygens (including phenoxy) is 1. The number of halogens is 1. The molecule has 0 bridgehead atoms. The quantitative estimate of drug-likeness (QED) is 0.671. The van der Waals surface area contributed by atoms with Gasteiger partial charge in [0.2, 0.25) is 0 Å². The van der Waals surface area contributed by atoms with Crippen molar-refractivity contribution in [1.82, 2.24) is 0 Å². The number of hydrogen-bond acceptors (Lipinski definition) is 6. The Bertz CT molecular complexity index is 773. The van der Waals surface area contributed by atoms with Crippen molar-refractivity contribution >= 4 is 23.5 Å². The van der Waals surface area contributed by atoms with Gasteiger partial charge in [0.25, 0.3) is 0 Å². The molecule has 2 aromatic rings. The summed E-state index contributed by atoms with van der Waals surface area (Å²) in [6, 6.07) is 8.57. The Morgan fingerprint density at radius 1 is 1.35 bits per heavy atom. The molecule has 0 aliphatic rings. The van der Waals surface area contributed by atoms with E-state index in [0.29, 0.717) is 16.3 Å². The van der Waals surface area contributed by atoms with Gasteiger partial charge < -0.3 is 25.1 Å². The monoisotopic (exact) mass is 380 g/mol. The molecule has 0 saturated heterocycles. The van der Waals surface area contributed by atoms with Crippen molar-refractivity contribution in [2.45, 2.75) is 25.5 Å². The van der Waals surface area contributed by atoms with Crippen LogP contribution in [0, 0.1) is 11.3 Å². The number of carbonyl (C=O) groups is 2. The number of carboxylic acid groups (broad SMARTS) is 2. The Hall–Kier alpha value is -3.02. The predicted molar refractivity (Wildman–Crippen MR) is 91.8 cm³/mol. The van der Waals surface area contributed by atoms with Crippen molar-refractivity contribution in [3.8, 4) is 11.8 Å². The van der Waals surface area contributed by atoms with Gasteiger partial charge in [-0.2, -0.15) is 5.26 Å². The lowest BCUT2D eigenvalue weighted by Gasteiger charge is -2.23. The summed E-state index contributed by atoms with van der Waals surface area (Å²) in [6.45, 7) is 1.98. The van der Waals surface area contributed by atoms with Gasteiger partial charge in [-0.1, -0.05) is 18.5 Å². The van der Waals surface area contributed by atoms with Crippen LogP contribution in [0.15, 0.2) is 41.2 Å². The van der Waals surface area contributed by atoms with E-state index in [2.05, 4.69) is 6.07 Å². The smallest absolute Gasteiger partial charge is 0.414 e. The van der Waals surface area contributed by atoms with Crippen LogP contribution in [0.2, 0.25) is 5.02 Å². The highest BCUT2D eigenvalue weighted by Crippen LogP contribution is 2.30. The molecule has 9 heteroatoms. The van der Waals surface area contributed by atoms with E-state index in [1.165, 1.54) is 0 Å². The summed E-state index contributed by atoms with van der Waals surface area (Å²) in [5.74, 6) is -3.22. The van der Waals surface area contributed by atoms with Crippen LogP contribution in [0.3, 0.4) is 0 Å². The van der Waals surface area contributed by atoms with Crippen molar-refractivity contribution in [2.24, 2.45) is 5.73 Å². The number of nitrogens with two attached hydrogens (primary N) is 1. The van der Waals surface area contributed by atoms with Crippen molar-refractivity contribution < 1.29 is 29.0 Å². The van der Waals surface area contributed by atoms with Crippen LogP contribution in [0.5, 0.6) is 5.75 Å². The van der Waals surface area contributed by atoms with E-state index < -0.39 is 11.9 Å². The third-order valence-corrected chi connectivity index (χ3v) is 3.47. The highest BCUT2D eigenvalue weighted by Gasteiger charge is 2.23. The number of furan rings is 1. The Morgan fingerprint density at radius 3 is 2.46 bits per heavy atom. The van der Waals surface area contributed by atoms with E-state index in [1.807, 2.05) is 6.92 Å². The molecular formula is C17H17ClN2O6. The number of rotatable bonds is 5. The van der Waals surface area contributed by atoms with Crippen LogP contribution in [-0.4, -0.2) is 28.2 Å². The van der Waals surface area contributed by atoms with E-state index in [0.717, 1.165) is 12.0 Å². The topological polar surface area (TPSA) is 147 Å². The van der Waals surface area contributed by atoms with Crippen LogP contribution < -0.4 is 10.5 Å². The third-order valence-electron chi connectivity index (χ3n) is 3.23. The summed E-state index contributed by atoms with van der Waals surface area (Å²) in [5.41, 5.74) is 7.36. The zero-order valence-corrected chi connectivity index (χ0v) is 14.5. The van der Waals surface area contributed by atoms with Gasteiger partial charge in [-0.25, -0.2) is 9.59 Å². The van der Waals surface area contributed by atoms with Gasteiger partial charge in [-0.15, -0.1) is 0 Å². The number of carboxylic acids is 2. The number of hydrogen-bond donors (Lipinski definition) is 3. The molecule has 0 aliphatic heterocycles. The lowest BCUT2D eigenvalue weighted by atomic mass is 10.0. The van der Waals surface area contributed by atoms with Crippen molar-refractivity contribution in [2.75, 3.05) is 0 Å². The third kappa shape index (κ3) is 6.12. The number of nitriles is 1. The average Bonchev–Trinajstić information content (AvgIpc) is 3.14. The maximum Gasteiger partial charge on any atom is 0.414 e. The second-order valence-electron chi connectivity index (χ2n) is 5.03. The summed E-state index contributed by atoms with van der Waals surface area (Å²) < 4.78 is 11.0. The molecule has 2 atom stereocenters. The largest absolute Gasteiger partial charge is 0.483 e. The minimum absolute atomic E-state index is 0.210. The standard InChI is InChI=1S/C15H15ClN2O2.C2H2O4/c1-2-13(18)15(11-5-6-19-9-11)20-14-7-12(16)4-3-10(14)8-17;3-1(4)2(5)6/h3-7,9,13,15H,2,18H2,1H3;(H,3,4)(H,5,6). The SMILES string of the molecule is CCC(N)C(Oc1cc(Cl)ccc1C#N)c1ccoc1.O=C(O)C(=O)O. The lowest BCUT2D eigenvalue weighted by Crippen LogP contribution is -2.31. The summed E-state index contributed by atoms with van der Waals surface area (Å²) in [4.78, 5) is 18.2.